The monoisotopic (exact) mass is 554 g/mol. The third-order valence-electron chi connectivity index (χ3n) is 4.30. The van der Waals surface area contributed by atoms with Gasteiger partial charge in [0.25, 0.3) is 11.8 Å². The van der Waals surface area contributed by atoms with Crippen LogP contribution in [-0.4, -0.2) is 24.5 Å². The van der Waals surface area contributed by atoms with E-state index in [2.05, 4.69) is 37.2 Å². The van der Waals surface area contributed by atoms with Gasteiger partial charge in [-0.25, -0.2) is 9.69 Å². The lowest BCUT2D eigenvalue weighted by Gasteiger charge is -2.27. The molecule has 0 unspecified atom stereocenters. The number of rotatable bonds is 5. The highest BCUT2D eigenvalue weighted by Crippen LogP contribution is 2.36. The highest BCUT2D eigenvalue weighted by Gasteiger charge is 2.37. The van der Waals surface area contributed by atoms with Crippen LogP contribution in [0.2, 0.25) is 5.02 Å². The summed E-state index contributed by atoms with van der Waals surface area (Å²) in [7, 11) is 0. The van der Waals surface area contributed by atoms with Crippen LogP contribution in [0, 0.1) is 6.92 Å². The van der Waals surface area contributed by atoms with Crippen LogP contribution in [-0.2, 0) is 9.59 Å². The van der Waals surface area contributed by atoms with Crippen molar-refractivity contribution in [3.63, 3.8) is 0 Å². The Hall–Kier alpha value is -2.16. The Morgan fingerprint density at radius 2 is 1.80 bits per heavy atom. The van der Waals surface area contributed by atoms with Crippen LogP contribution >= 0.6 is 43.5 Å². The molecular formula is C21H17Br2ClN2O4. The number of halogens is 3. The lowest BCUT2D eigenvalue weighted by Crippen LogP contribution is -2.54. The molecular weight excluding hydrogens is 540 g/mol. The lowest BCUT2D eigenvalue weighted by atomic mass is 10.1. The maximum absolute atomic E-state index is 13.1. The standard InChI is InChI=1S/C21H17Br2ClN2O4/c1-3-6-30-18-15(22)8-12(9-16(18)23)7-14-19(27)25-21(29)26(20(14)28)17-10-13(24)5-4-11(17)2/h4-5,7-10H,3,6H2,1-2H3,(H,25,27,29)/b14-7+. The highest BCUT2D eigenvalue weighted by molar-refractivity contribution is 9.11. The quantitative estimate of drug-likeness (QED) is 0.383. The number of amides is 4. The minimum Gasteiger partial charge on any atom is -0.491 e. The number of carbonyl (C=O) groups is 3. The first-order valence-corrected chi connectivity index (χ1v) is 11.0. The molecule has 2 aromatic rings. The van der Waals surface area contributed by atoms with Crippen molar-refractivity contribution in [2.24, 2.45) is 0 Å². The van der Waals surface area contributed by atoms with Gasteiger partial charge < -0.3 is 4.74 Å². The molecule has 0 atom stereocenters. The predicted molar refractivity (Wildman–Crippen MR) is 123 cm³/mol. The number of aryl methyl sites for hydroxylation is 1. The second-order valence-electron chi connectivity index (χ2n) is 6.55. The molecule has 0 aromatic heterocycles. The van der Waals surface area contributed by atoms with E-state index in [4.69, 9.17) is 16.3 Å². The molecule has 1 aliphatic heterocycles. The predicted octanol–water partition coefficient (Wildman–Crippen LogP) is 5.63. The molecule has 1 aliphatic rings. The smallest absolute Gasteiger partial charge is 0.335 e. The van der Waals surface area contributed by atoms with Gasteiger partial charge in [0.1, 0.15) is 11.3 Å². The van der Waals surface area contributed by atoms with E-state index >= 15 is 0 Å². The van der Waals surface area contributed by atoms with E-state index in [1.54, 1.807) is 31.2 Å². The summed E-state index contributed by atoms with van der Waals surface area (Å²) < 4.78 is 7.02. The fourth-order valence-corrected chi connectivity index (χ4v) is 4.49. The molecule has 6 nitrogen and oxygen atoms in total. The Kier molecular flexibility index (Phi) is 7.00. The average molecular weight is 557 g/mol. The Balaban J connectivity index is 2.02. The molecule has 0 spiro atoms. The molecule has 1 heterocycles. The molecule has 9 heteroatoms. The number of urea groups is 1. The summed E-state index contributed by atoms with van der Waals surface area (Å²) >= 11 is 12.9. The van der Waals surface area contributed by atoms with Gasteiger partial charge in [0.2, 0.25) is 0 Å². The topological polar surface area (TPSA) is 75.7 Å². The van der Waals surface area contributed by atoms with Crippen molar-refractivity contribution < 1.29 is 19.1 Å². The van der Waals surface area contributed by atoms with E-state index in [-0.39, 0.29) is 5.57 Å². The normalized spacial score (nSPS) is 15.6. The maximum Gasteiger partial charge on any atom is 0.335 e. The number of nitrogens with zero attached hydrogens (tertiary/aromatic N) is 1. The van der Waals surface area contributed by atoms with Crippen molar-refractivity contribution in [1.82, 2.24) is 5.32 Å². The molecule has 156 valence electrons. The van der Waals surface area contributed by atoms with Crippen molar-refractivity contribution in [2.75, 3.05) is 11.5 Å². The molecule has 1 saturated heterocycles. The van der Waals surface area contributed by atoms with Gasteiger partial charge >= 0.3 is 6.03 Å². The van der Waals surface area contributed by atoms with Crippen molar-refractivity contribution in [3.8, 4) is 5.75 Å². The zero-order valence-electron chi connectivity index (χ0n) is 16.1. The molecule has 0 bridgehead atoms. The summed E-state index contributed by atoms with van der Waals surface area (Å²) in [6, 6.07) is 7.50. The van der Waals surface area contributed by atoms with Crippen LogP contribution in [0.4, 0.5) is 10.5 Å². The fraction of sp³-hybridized carbons (Fsp3) is 0.190. The molecule has 2 aromatic carbocycles. The Morgan fingerprint density at radius 3 is 2.43 bits per heavy atom. The van der Waals surface area contributed by atoms with E-state index in [0.29, 0.717) is 43.1 Å². The van der Waals surface area contributed by atoms with Gasteiger partial charge in [0.15, 0.2) is 0 Å². The van der Waals surface area contributed by atoms with Crippen LogP contribution in [0.1, 0.15) is 24.5 Å². The van der Waals surface area contributed by atoms with Crippen LogP contribution < -0.4 is 15.0 Å². The van der Waals surface area contributed by atoms with Crippen LogP contribution in [0.3, 0.4) is 0 Å². The minimum atomic E-state index is -0.821. The summed E-state index contributed by atoms with van der Waals surface area (Å²) in [6.45, 7) is 4.30. The van der Waals surface area contributed by atoms with Gasteiger partial charge in [-0.2, -0.15) is 0 Å². The van der Waals surface area contributed by atoms with Crippen molar-refractivity contribution in [1.29, 1.82) is 0 Å². The summed E-state index contributed by atoms with van der Waals surface area (Å²) in [5, 5.41) is 2.58. The third-order valence-corrected chi connectivity index (χ3v) is 5.71. The van der Waals surface area contributed by atoms with Gasteiger partial charge in [0.05, 0.1) is 21.2 Å². The first-order chi connectivity index (χ1) is 14.2. The first kappa shape index (κ1) is 22.5. The van der Waals surface area contributed by atoms with Crippen LogP contribution in [0.15, 0.2) is 44.9 Å². The number of anilines is 1. The number of hydrogen-bond donors (Lipinski definition) is 1. The number of carbonyl (C=O) groups excluding carboxylic acids is 3. The molecule has 30 heavy (non-hydrogen) atoms. The van der Waals surface area contributed by atoms with E-state index in [9.17, 15) is 14.4 Å². The molecule has 0 aliphatic carbocycles. The number of barbiturate groups is 1. The number of nitrogens with one attached hydrogen (secondary N) is 1. The summed E-state index contributed by atoms with van der Waals surface area (Å²) in [4.78, 5) is 38.8. The van der Waals surface area contributed by atoms with Gasteiger partial charge in [-0.1, -0.05) is 24.6 Å². The molecule has 0 radical (unpaired) electrons. The minimum absolute atomic E-state index is 0.171. The summed E-state index contributed by atoms with van der Waals surface area (Å²) in [5.41, 5.74) is 1.39. The highest BCUT2D eigenvalue weighted by atomic mass is 79.9. The molecule has 1 N–H and O–H groups in total. The van der Waals surface area contributed by atoms with Crippen molar-refractivity contribution in [2.45, 2.75) is 20.3 Å². The largest absolute Gasteiger partial charge is 0.491 e. The zero-order valence-corrected chi connectivity index (χ0v) is 20.0. The van der Waals surface area contributed by atoms with E-state index in [1.165, 1.54) is 12.1 Å². The second-order valence-corrected chi connectivity index (χ2v) is 8.70. The van der Waals surface area contributed by atoms with Gasteiger partial charge in [-0.3, -0.25) is 14.9 Å². The van der Waals surface area contributed by atoms with E-state index < -0.39 is 17.8 Å². The SMILES string of the molecule is CCCOc1c(Br)cc(/C=C2\C(=O)NC(=O)N(c3cc(Cl)ccc3C)C2=O)cc1Br. The third kappa shape index (κ3) is 4.61. The van der Waals surface area contributed by atoms with Crippen LogP contribution in [0.5, 0.6) is 5.75 Å². The molecule has 4 amide bonds. The van der Waals surface area contributed by atoms with Gasteiger partial charge in [0, 0.05) is 5.02 Å². The van der Waals surface area contributed by atoms with Crippen molar-refractivity contribution >= 4 is 73.1 Å². The summed E-state index contributed by atoms with van der Waals surface area (Å²) in [5.74, 6) is -0.864. The van der Waals surface area contributed by atoms with Gasteiger partial charge in [-0.15, -0.1) is 0 Å². The first-order valence-electron chi connectivity index (χ1n) is 9.02. The Labute approximate surface area is 195 Å². The van der Waals surface area contributed by atoms with E-state index in [0.717, 1.165) is 11.3 Å². The lowest BCUT2D eigenvalue weighted by molar-refractivity contribution is -0.122. The molecule has 3 rings (SSSR count). The summed E-state index contributed by atoms with van der Waals surface area (Å²) in [6.07, 6.45) is 2.28. The number of imide groups is 2. The molecule has 1 fully saturated rings. The van der Waals surface area contributed by atoms with Gasteiger partial charge in [-0.05, 0) is 86.7 Å². The second kappa shape index (κ2) is 9.32. The van der Waals surface area contributed by atoms with Crippen molar-refractivity contribution in [3.05, 3.63) is 61.0 Å². The Bertz CT molecular complexity index is 1060. The molecule has 0 saturated carbocycles. The van der Waals surface area contributed by atoms with E-state index in [1.807, 2.05) is 6.92 Å². The Morgan fingerprint density at radius 1 is 1.13 bits per heavy atom. The fourth-order valence-electron chi connectivity index (χ4n) is 2.87. The number of ether oxygens (including phenoxy) is 1. The number of hydrogen-bond acceptors (Lipinski definition) is 4. The average Bonchev–Trinajstić information content (AvgIpc) is 2.67. The van der Waals surface area contributed by atoms with Crippen LogP contribution in [0.25, 0.3) is 6.08 Å². The maximum atomic E-state index is 13.1. The number of benzene rings is 2. The zero-order chi connectivity index (χ0) is 22.0.